The van der Waals surface area contributed by atoms with Crippen LogP contribution >= 0.6 is 0 Å². The molecule has 5 heteroatoms. The molecule has 0 N–H and O–H groups in total. The number of ether oxygens (including phenoxy) is 1. The normalized spacial score (nSPS) is 18.5. The number of nitrogens with zero attached hydrogens (tertiary/aromatic N) is 1. The van der Waals surface area contributed by atoms with Gasteiger partial charge in [0.2, 0.25) is 0 Å². The van der Waals surface area contributed by atoms with Crippen LogP contribution in [0.5, 0.6) is 11.5 Å². The summed E-state index contributed by atoms with van der Waals surface area (Å²) in [4.78, 5) is 0. The highest BCUT2D eigenvalue weighted by molar-refractivity contribution is 6.62. The van der Waals surface area contributed by atoms with Gasteiger partial charge in [0.05, 0.1) is 33.3 Å². The lowest BCUT2D eigenvalue weighted by Gasteiger charge is -2.45. The van der Waals surface area contributed by atoms with Gasteiger partial charge in [0.15, 0.2) is 0 Å². The monoisotopic (exact) mass is 547 g/mol. The molecule has 0 atom stereocenters. The molecule has 0 unspecified atom stereocenters. The molecule has 1 saturated heterocycles. The van der Waals surface area contributed by atoms with Gasteiger partial charge in [0.25, 0.3) is 0 Å². The molecule has 0 radical (unpaired) electrons. The smallest absolute Gasteiger partial charge is 0.457 e. The van der Waals surface area contributed by atoms with E-state index in [0.29, 0.717) is 0 Å². The Balaban J connectivity index is 1.45. The number of hydrogen-bond donors (Lipinski definition) is 0. The first-order valence-electron chi connectivity index (χ1n) is 14.7. The van der Waals surface area contributed by atoms with Crippen molar-refractivity contribution in [3.05, 3.63) is 131 Å². The maximum absolute atomic E-state index is 6.57. The summed E-state index contributed by atoms with van der Waals surface area (Å²) in [6.07, 6.45) is 0. The SMILES string of the molecule is CC1(C)OB(c2ccc3c(c2)-n2c4ccccc4c4cccc(c42)C32c3ccccc3Oc3ccccc32)OC1(C)C. The van der Waals surface area contributed by atoms with Crippen molar-refractivity contribution in [2.45, 2.75) is 44.3 Å². The van der Waals surface area contributed by atoms with Crippen LogP contribution in [-0.2, 0) is 14.7 Å². The van der Waals surface area contributed by atoms with E-state index in [1.54, 1.807) is 0 Å². The molecule has 1 spiro atoms. The number of rotatable bonds is 1. The van der Waals surface area contributed by atoms with Gasteiger partial charge in [-0.15, -0.1) is 0 Å². The molecule has 1 aromatic heterocycles. The summed E-state index contributed by atoms with van der Waals surface area (Å²) in [5, 5.41) is 2.49. The van der Waals surface area contributed by atoms with E-state index in [9.17, 15) is 0 Å². The summed E-state index contributed by atoms with van der Waals surface area (Å²) in [6.45, 7) is 8.43. The van der Waals surface area contributed by atoms with Crippen molar-refractivity contribution in [2.24, 2.45) is 0 Å². The average Bonchev–Trinajstić information content (AvgIpc) is 3.45. The highest BCUT2D eigenvalue weighted by Crippen LogP contribution is 2.60. The van der Waals surface area contributed by atoms with Crippen LogP contribution in [0.1, 0.15) is 49.9 Å². The van der Waals surface area contributed by atoms with Gasteiger partial charge >= 0.3 is 7.12 Å². The zero-order valence-corrected chi connectivity index (χ0v) is 24.1. The van der Waals surface area contributed by atoms with Crippen LogP contribution in [-0.4, -0.2) is 22.9 Å². The minimum atomic E-state index is -0.570. The summed E-state index contributed by atoms with van der Waals surface area (Å²) in [6, 6.07) is 39.3. The molecule has 5 aromatic carbocycles. The average molecular weight is 547 g/mol. The Morgan fingerprint density at radius 1 is 0.571 bits per heavy atom. The third-order valence-corrected chi connectivity index (χ3v) is 10.1. The van der Waals surface area contributed by atoms with Crippen LogP contribution in [0, 0.1) is 0 Å². The highest BCUT2D eigenvalue weighted by Gasteiger charge is 2.53. The predicted molar refractivity (Wildman–Crippen MR) is 168 cm³/mol. The molecule has 0 bridgehead atoms. The molecule has 42 heavy (non-hydrogen) atoms. The first-order chi connectivity index (χ1) is 20.3. The summed E-state index contributed by atoms with van der Waals surface area (Å²) >= 11 is 0. The molecule has 9 rings (SSSR count). The molecule has 3 aliphatic rings. The van der Waals surface area contributed by atoms with E-state index >= 15 is 0 Å². The van der Waals surface area contributed by atoms with Gasteiger partial charge in [-0.25, -0.2) is 0 Å². The molecule has 0 saturated carbocycles. The number of aromatic nitrogens is 1. The van der Waals surface area contributed by atoms with Crippen molar-refractivity contribution in [2.75, 3.05) is 0 Å². The molecular weight excluding hydrogens is 517 g/mol. The van der Waals surface area contributed by atoms with E-state index in [1.807, 2.05) is 0 Å². The van der Waals surface area contributed by atoms with E-state index in [0.717, 1.165) is 33.8 Å². The fourth-order valence-electron chi connectivity index (χ4n) is 7.47. The second-order valence-corrected chi connectivity index (χ2v) is 12.8. The lowest BCUT2D eigenvalue weighted by Crippen LogP contribution is -2.41. The summed E-state index contributed by atoms with van der Waals surface area (Å²) in [7, 11) is -0.458. The van der Waals surface area contributed by atoms with E-state index in [1.165, 1.54) is 32.9 Å². The number of fused-ring (bicyclic) bond motifs is 11. The van der Waals surface area contributed by atoms with Crippen LogP contribution in [0.25, 0.3) is 27.5 Å². The van der Waals surface area contributed by atoms with Crippen LogP contribution in [0.3, 0.4) is 0 Å². The standard InChI is InChI=1S/C37H30BNO3/c1-35(2)36(3,4)42-38(41-35)23-20-21-26-31(22-23)39-30-17-8-5-12-24(30)25-13-11-16-29(34(25)39)37(26)27-14-6-9-18-32(27)40-33-19-10-7-15-28(33)37/h5-22H,1-4H3. The van der Waals surface area contributed by atoms with Gasteiger partial charge < -0.3 is 18.6 Å². The molecule has 204 valence electrons. The zero-order chi connectivity index (χ0) is 28.4. The maximum atomic E-state index is 6.57. The van der Waals surface area contributed by atoms with Crippen molar-refractivity contribution in [1.29, 1.82) is 0 Å². The van der Waals surface area contributed by atoms with Gasteiger partial charge in [-0.1, -0.05) is 84.9 Å². The van der Waals surface area contributed by atoms with Gasteiger partial charge in [0.1, 0.15) is 11.5 Å². The van der Waals surface area contributed by atoms with Crippen molar-refractivity contribution < 1.29 is 14.0 Å². The van der Waals surface area contributed by atoms with Crippen molar-refractivity contribution in [1.82, 2.24) is 4.57 Å². The van der Waals surface area contributed by atoms with Crippen molar-refractivity contribution in [3.8, 4) is 17.2 Å². The lowest BCUT2D eigenvalue weighted by molar-refractivity contribution is 0.00578. The third-order valence-electron chi connectivity index (χ3n) is 10.1. The minimum absolute atomic E-state index is 0.423. The number of benzene rings is 5. The Morgan fingerprint density at radius 3 is 1.88 bits per heavy atom. The third kappa shape index (κ3) is 2.85. The molecular formula is C37H30BNO3. The van der Waals surface area contributed by atoms with E-state index < -0.39 is 23.7 Å². The van der Waals surface area contributed by atoms with E-state index in [2.05, 4.69) is 141 Å². The van der Waals surface area contributed by atoms with E-state index in [4.69, 9.17) is 14.0 Å². The molecule has 0 amide bonds. The van der Waals surface area contributed by atoms with Crippen LogP contribution in [0.4, 0.5) is 0 Å². The van der Waals surface area contributed by atoms with Gasteiger partial charge in [-0.3, -0.25) is 0 Å². The Morgan fingerprint density at radius 2 is 1.17 bits per heavy atom. The molecule has 4 heterocycles. The summed E-state index contributed by atoms with van der Waals surface area (Å²) in [5.41, 5.74) is 7.93. The van der Waals surface area contributed by atoms with Gasteiger partial charge in [0, 0.05) is 21.9 Å². The molecule has 6 aromatic rings. The minimum Gasteiger partial charge on any atom is -0.457 e. The van der Waals surface area contributed by atoms with Crippen molar-refractivity contribution in [3.63, 3.8) is 0 Å². The lowest BCUT2D eigenvalue weighted by atomic mass is 9.61. The Bertz CT molecular complexity index is 2040. The quantitative estimate of drug-likeness (QED) is 0.196. The Labute approximate surface area is 245 Å². The van der Waals surface area contributed by atoms with Crippen LogP contribution in [0.15, 0.2) is 109 Å². The van der Waals surface area contributed by atoms with Crippen LogP contribution in [0.2, 0.25) is 0 Å². The largest absolute Gasteiger partial charge is 0.494 e. The Hall–Kier alpha value is -4.32. The summed E-state index contributed by atoms with van der Waals surface area (Å²) < 4.78 is 22.1. The van der Waals surface area contributed by atoms with Crippen LogP contribution < -0.4 is 10.2 Å². The fourth-order valence-corrected chi connectivity index (χ4v) is 7.47. The fraction of sp³-hybridized carbons (Fsp3) is 0.189. The topological polar surface area (TPSA) is 32.6 Å². The number of para-hydroxylation sites is 4. The second kappa shape index (κ2) is 7.94. The Kier molecular flexibility index (Phi) is 4.60. The predicted octanol–water partition coefficient (Wildman–Crippen LogP) is 7.88. The van der Waals surface area contributed by atoms with E-state index in [-0.39, 0.29) is 0 Å². The van der Waals surface area contributed by atoms with Gasteiger partial charge in [-0.2, -0.15) is 0 Å². The highest BCUT2D eigenvalue weighted by atomic mass is 16.7. The summed E-state index contributed by atoms with van der Waals surface area (Å²) in [5.74, 6) is 1.78. The molecule has 3 aliphatic heterocycles. The van der Waals surface area contributed by atoms with Crippen molar-refractivity contribution >= 4 is 34.4 Å². The van der Waals surface area contributed by atoms with Gasteiger partial charge in [-0.05, 0) is 68.6 Å². The zero-order valence-electron chi connectivity index (χ0n) is 24.1. The molecule has 4 nitrogen and oxygen atoms in total. The first kappa shape index (κ1) is 24.3. The maximum Gasteiger partial charge on any atom is 0.494 e. The second-order valence-electron chi connectivity index (χ2n) is 12.8. The first-order valence-corrected chi connectivity index (χ1v) is 14.7. The molecule has 0 aliphatic carbocycles. The number of hydrogen-bond acceptors (Lipinski definition) is 3. The molecule has 1 fully saturated rings.